The van der Waals surface area contributed by atoms with Crippen molar-refractivity contribution < 1.29 is 4.79 Å². The minimum absolute atomic E-state index is 0.101. The number of benzene rings is 2. The minimum Gasteiger partial charge on any atom is -0.330 e. The molecule has 3 aromatic rings. The highest BCUT2D eigenvalue weighted by Crippen LogP contribution is 2.27. The number of aryl methyl sites for hydroxylation is 1. The van der Waals surface area contributed by atoms with Crippen molar-refractivity contribution in [3.8, 4) is 0 Å². The topological polar surface area (TPSA) is 66.9 Å². The van der Waals surface area contributed by atoms with E-state index in [1.165, 1.54) is 28.7 Å². The molecule has 0 bridgehead atoms. The molecule has 1 amide bonds. The third kappa shape index (κ3) is 5.45. The lowest BCUT2D eigenvalue weighted by Crippen LogP contribution is -2.13. The number of carbonyl (C=O) groups is 1. The lowest BCUT2D eigenvalue weighted by atomic mass is 10.2. The first kappa shape index (κ1) is 17.7. The van der Waals surface area contributed by atoms with Crippen molar-refractivity contribution in [1.82, 2.24) is 10.2 Å². The van der Waals surface area contributed by atoms with Crippen LogP contribution in [0.1, 0.15) is 5.56 Å². The van der Waals surface area contributed by atoms with Crippen molar-refractivity contribution in [3.63, 3.8) is 0 Å². The van der Waals surface area contributed by atoms with E-state index in [1.807, 2.05) is 31.2 Å². The van der Waals surface area contributed by atoms with Crippen LogP contribution in [0, 0.1) is 6.92 Å². The smallest absolute Gasteiger partial charge is 0.234 e. The van der Waals surface area contributed by atoms with E-state index < -0.39 is 0 Å². The number of anilines is 3. The summed E-state index contributed by atoms with van der Waals surface area (Å²) in [4.78, 5) is 12.0. The Labute approximate surface area is 158 Å². The van der Waals surface area contributed by atoms with Crippen LogP contribution in [0.5, 0.6) is 0 Å². The van der Waals surface area contributed by atoms with E-state index in [1.54, 1.807) is 24.3 Å². The van der Waals surface area contributed by atoms with Crippen molar-refractivity contribution in [2.45, 2.75) is 11.3 Å². The zero-order valence-electron chi connectivity index (χ0n) is 13.3. The Hall–Kier alpha value is -2.09. The van der Waals surface area contributed by atoms with Gasteiger partial charge in [-0.25, -0.2) is 0 Å². The fraction of sp³-hybridized carbons (Fsp3) is 0.118. The van der Waals surface area contributed by atoms with E-state index in [0.717, 1.165) is 10.0 Å². The molecule has 0 aliphatic heterocycles. The van der Waals surface area contributed by atoms with Gasteiger partial charge in [-0.05, 0) is 43.3 Å². The van der Waals surface area contributed by atoms with E-state index in [2.05, 4.69) is 20.8 Å². The molecule has 128 valence electrons. The molecule has 8 heteroatoms. The summed E-state index contributed by atoms with van der Waals surface area (Å²) in [5, 5.41) is 15.5. The second kappa shape index (κ2) is 8.33. The van der Waals surface area contributed by atoms with Gasteiger partial charge in [-0.1, -0.05) is 52.4 Å². The van der Waals surface area contributed by atoms with E-state index in [-0.39, 0.29) is 11.7 Å². The maximum atomic E-state index is 12.0. The van der Waals surface area contributed by atoms with Crippen LogP contribution in [-0.2, 0) is 4.79 Å². The maximum absolute atomic E-state index is 12.0. The highest BCUT2D eigenvalue weighted by molar-refractivity contribution is 8.01. The number of aromatic nitrogens is 2. The van der Waals surface area contributed by atoms with Crippen LogP contribution in [0.2, 0.25) is 5.02 Å². The Kier molecular flexibility index (Phi) is 5.91. The summed E-state index contributed by atoms with van der Waals surface area (Å²) < 4.78 is 0.737. The Bertz CT molecular complexity index is 850. The van der Waals surface area contributed by atoms with Gasteiger partial charge in [-0.15, -0.1) is 10.2 Å². The molecule has 1 aromatic heterocycles. The number of carbonyl (C=O) groups excluding carboxylic acids is 1. The molecule has 0 aliphatic rings. The first-order chi connectivity index (χ1) is 12.1. The molecule has 0 unspecified atom stereocenters. The maximum Gasteiger partial charge on any atom is 0.234 e. The lowest BCUT2D eigenvalue weighted by Gasteiger charge is -2.03. The van der Waals surface area contributed by atoms with Crippen LogP contribution in [-0.4, -0.2) is 21.9 Å². The van der Waals surface area contributed by atoms with E-state index in [0.29, 0.717) is 15.8 Å². The zero-order valence-corrected chi connectivity index (χ0v) is 15.7. The molecule has 1 heterocycles. The number of rotatable bonds is 6. The molecular formula is C17H15ClN4OS2. The molecule has 0 spiro atoms. The molecule has 3 rings (SSSR count). The third-order valence-electron chi connectivity index (χ3n) is 3.16. The van der Waals surface area contributed by atoms with Gasteiger partial charge in [0.1, 0.15) is 0 Å². The van der Waals surface area contributed by atoms with Gasteiger partial charge >= 0.3 is 0 Å². The number of nitrogens with zero attached hydrogens (tertiary/aromatic N) is 2. The van der Waals surface area contributed by atoms with Crippen LogP contribution in [0.4, 0.5) is 16.5 Å². The lowest BCUT2D eigenvalue weighted by molar-refractivity contribution is -0.113. The van der Waals surface area contributed by atoms with Crippen LogP contribution in [0.25, 0.3) is 0 Å². The normalized spacial score (nSPS) is 10.5. The van der Waals surface area contributed by atoms with E-state index >= 15 is 0 Å². The summed E-state index contributed by atoms with van der Waals surface area (Å²) >= 11 is 8.59. The molecule has 0 saturated carbocycles. The van der Waals surface area contributed by atoms with Gasteiger partial charge in [-0.2, -0.15) is 0 Å². The summed E-state index contributed by atoms with van der Waals surface area (Å²) in [7, 11) is 0. The molecule has 0 aliphatic carbocycles. The molecule has 2 N–H and O–H groups in total. The monoisotopic (exact) mass is 390 g/mol. The average molecular weight is 391 g/mol. The van der Waals surface area contributed by atoms with E-state index in [4.69, 9.17) is 11.6 Å². The van der Waals surface area contributed by atoms with Crippen LogP contribution in [0.15, 0.2) is 52.9 Å². The van der Waals surface area contributed by atoms with Crippen molar-refractivity contribution in [3.05, 3.63) is 59.1 Å². The van der Waals surface area contributed by atoms with Crippen LogP contribution in [0.3, 0.4) is 0 Å². The SMILES string of the molecule is Cc1ccc(Nc2nnc(SCC(=O)Nc3ccc(Cl)cc3)s2)cc1. The number of hydrogen-bond donors (Lipinski definition) is 2. The first-order valence-electron chi connectivity index (χ1n) is 7.44. The molecule has 0 radical (unpaired) electrons. The quantitative estimate of drug-likeness (QED) is 0.581. The second-order valence-electron chi connectivity index (χ2n) is 5.21. The van der Waals surface area contributed by atoms with Gasteiger partial charge in [0, 0.05) is 16.4 Å². The van der Waals surface area contributed by atoms with Gasteiger partial charge in [0.05, 0.1) is 5.75 Å². The number of thioether (sulfide) groups is 1. The highest BCUT2D eigenvalue weighted by atomic mass is 35.5. The Morgan fingerprint density at radius 2 is 1.76 bits per heavy atom. The van der Waals surface area contributed by atoms with E-state index in [9.17, 15) is 4.79 Å². The van der Waals surface area contributed by atoms with Crippen LogP contribution < -0.4 is 10.6 Å². The minimum atomic E-state index is -0.101. The van der Waals surface area contributed by atoms with Gasteiger partial charge < -0.3 is 10.6 Å². The molecular weight excluding hydrogens is 376 g/mol. The summed E-state index contributed by atoms with van der Waals surface area (Å²) in [5.74, 6) is 0.164. The standard InChI is InChI=1S/C17H15ClN4OS2/c1-11-2-6-14(7-3-11)20-16-21-22-17(25-16)24-10-15(23)19-13-8-4-12(18)5-9-13/h2-9H,10H2,1H3,(H,19,23)(H,20,21). The number of amides is 1. The molecule has 0 saturated heterocycles. The predicted octanol–water partition coefficient (Wildman–Crippen LogP) is 4.97. The number of hydrogen-bond acceptors (Lipinski definition) is 6. The number of nitrogens with one attached hydrogen (secondary N) is 2. The number of halogens is 1. The Balaban J connectivity index is 1.50. The van der Waals surface area contributed by atoms with Gasteiger partial charge in [0.25, 0.3) is 0 Å². The average Bonchev–Trinajstić information content (AvgIpc) is 3.05. The third-order valence-corrected chi connectivity index (χ3v) is 5.39. The fourth-order valence-corrected chi connectivity index (χ4v) is 3.63. The zero-order chi connectivity index (χ0) is 17.6. The molecule has 2 aromatic carbocycles. The van der Waals surface area contributed by atoms with Crippen molar-refractivity contribution in [1.29, 1.82) is 0 Å². The first-order valence-corrected chi connectivity index (χ1v) is 9.62. The Morgan fingerprint density at radius 1 is 1.08 bits per heavy atom. The fourth-order valence-electron chi connectivity index (χ4n) is 1.94. The molecule has 0 atom stereocenters. The highest BCUT2D eigenvalue weighted by Gasteiger charge is 2.09. The Morgan fingerprint density at radius 3 is 2.48 bits per heavy atom. The van der Waals surface area contributed by atoms with Gasteiger partial charge in [0.15, 0.2) is 4.34 Å². The van der Waals surface area contributed by atoms with Gasteiger partial charge in [0.2, 0.25) is 11.0 Å². The van der Waals surface area contributed by atoms with Crippen molar-refractivity contribution in [2.75, 3.05) is 16.4 Å². The van der Waals surface area contributed by atoms with Crippen molar-refractivity contribution in [2.24, 2.45) is 0 Å². The predicted molar refractivity (Wildman–Crippen MR) is 105 cm³/mol. The molecule has 0 fully saturated rings. The summed E-state index contributed by atoms with van der Waals surface area (Å²) in [6.07, 6.45) is 0. The summed E-state index contributed by atoms with van der Waals surface area (Å²) in [6, 6.07) is 15.0. The summed E-state index contributed by atoms with van der Waals surface area (Å²) in [5.41, 5.74) is 2.87. The van der Waals surface area contributed by atoms with Gasteiger partial charge in [-0.3, -0.25) is 4.79 Å². The van der Waals surface area contributed by atoms with Crippen molar-refractivity contribution >= 4 is 57.1 Å². The second-order valence-corrected chi connectivity index (χ2v) is 7.84. The van der Waals surface area contributed by atoms with Crippen LogP contribution >= 0.6 is 34.7 Å². The molecule has 25 heavy (non-hydrogen) atoms. The largest absolute Gasteiger partial charge is 0.330 e. The molecule has 5 nitrogen and oxygen atoms in total. The summed E-state index contributed by atoms with van der Waals surface area (Å²) in [6.45, 7) is 2.04.